The zero-order chi connectivity index (χ0) is 33.3. The Balaban J connectivity index is 1.87. The SMILES string of the molecule is CC(/C=C/C=C(C)/C=C/C(=O)[C@]1(C)C[C@@H](O)CC1(C)C)=C\C=C\C=C(C)\C=C\C=C(C)\C=C\C(=O)[C@]1(C)C[C@@H](O)CC1(C)C. The lowest BCUT2D eigenvalue weighted by atomic mass is 9.66. The number of ketones is 2. The molecule has 0 heterocycles. The van der Waals surface area contributed by atoms with Crippen LogP contribution in [0.3, 0.4) is 0 Å². The number of hydrogen-bond donors (Lipinski definition) is 2. The van der Waals surface area contributed by atoms with E-state index in [1.165, 1.54) is 0 Å². The second-order valence-corrected chi connectivity index (χ2v) is 14.7. The summed E-state index contributed by atoms with van der Waals surface area (Å²) in [6.45, 7) is 20.2. The van der Waals surface area contributed by atoms with E-state index in [1.54, 1.807) is 12.2 Å². The Bertz CT molecular complexity index is 1230. The Hall–Kier alpha value is -3.08. The maximum absolute atomic E-state index is 12.9. The van der Waals surface area contributed by atoms with Crippen molar-refractivity contribution < 1.29 is 19.8 Å². The van der Waals surface area contributed by atoms with Gasteiger partial charge in [-0.1, -0.05) is 137 Å². The molecule has 0 aromatic rings. The van der Waals surface area contributed by atoms with Gasteiger partial charge in [-0.05, 0) is 76.4 Å². The van der Waals surface area contributed by atoms with Gasteiger partial charge in [0, 0.05) is 10.8 Å². The van der Waals surface area contributed by atoms with Crippen molar-refractivity contribution in [2.75, 3.05) is 0 Å². The molecule has 0 bridgehead atoms. The van der Waals surface area contributed by atoms with Crippen LogP contribution in [0.15, 0.2) is 107 Å². The minimum absolute atomic E-state index is 0.0742. The maximum atomic E-state index is 12.9. The van der Waals surface area contributed by atoms with Crippen molar-refractivity contribution in [1.29, 1.82) is 0 Å². The number of aliphatic hydroxyl groups excluding tert-OH is 2. The largest absolute Gasteiger partial charge is 0.393 e. The van der Waals surface area contributed by atoms with Gasteiger partial charge in [0.2, 0.25) is 0 Å². The molecule has 4 atom stereocenters. The van der Waals surface area contributed by atoms with Crippen LogP contribution in [0, 0.1) is 21.7 Å². The van der Waals surface area contributed by atoms with Crippen LogP contribution in [0.2, 0.25) is 0 Å². The van der Waals surface area contributed by atoms with E-state index in [2.05, 4.69) is 27.7 Å². The van der Waals surface area contributed by atoms with Crippen LogP contribution < -0.4 is 0 Å². The standard InChI is InChI=1S/C40H56O4/c1-29(17-13-19-31(3)21-23-35(43)39(9)27-33(41)25-37(39,5)6)15-11-12-16-30(2)18-14-20-32(4)22-24-36(44)40(10)28-34(42)26-38(40,7)8/h11-24,33-34,41-42H,25-28H2,1-10H3/b12-11+,17-13+,18-14+,23-21+,24-22+,29-15+,30-16+,31-19+,32-20+/t33-,34-,39-,40-/m0/s1. The van der Waals surface area contributed by atoms with Crippen molar-refractivity contribution in [3.05, 3.63) is 107 Å². The number of allylic oxidation sites excluding steroid dienone is 18. The third-order valence-electron chi connectivity index (χ3n) is 10.1. The van der Waals surface area contributed by atoms with E-state index in [4.69, 9.17) is 0 Å². The van der Waals surface area contributed by atoms with Crippen molar-refractivity contribution in [3.8, 4) is 0 Å². The van der Waals surface area contributed by atoms with Gasteiger partial charge in [0.25, 0.3) is 0 Å². The summed E-state index contributed by atoms with van der Waals surface area (Å²) >= 11 is 0. The lowest BCUT2D eigenvalue weighted by Crippen LogP contribution is -2.36. The normalized spacial score (nSPS) is 30.3. The fraction of sp³-hybridized carbons (Fsp3) is 0.500. The van der Waals surface area contributed by atoms with Crippen LogP contribution >= 0.6 is 0 Å². The fourth-order valence-corrected chi connectivity index (χ4v) is 6.26. The van der Waals surface area contributed by atoms with Gasteiger partial charge in [-0.15, -0.1) is 0 Å². The molecular formula is C40H56O4. The summed E-state index contributed by atoms with van der Waals surface area (Å²) in [6.07, 6.45) is 28.6. The van der Waals surface area contributed by atoms with Crippen molar-refractivity contribution in [2.45, 2.75) is 107 Å². The number of carbonyl (C=O) groups is 2. The van der Waals surface area contributed by atoms with Crippen LogP contribution in [0.25, 0.3) is 0 Å². The Kier molecular flexibility index (Phi) is 12.9. The van der Waals surface area contributed by atoms with Crippen LogP contribution in [0.5, 0.6) is 0 Å². The van der Waals surface area contributed by atoms with Gasteiger partial charge in [0.05, 0.1) is 12.2 Å². The van der Waals surface area contributed by atoms with Crippen LogP contribution in [0.1, 0.15) is 94.9 Å². The Morgan fingerprint density at radius 3 is 1.07 bits per heavy atom. The average molecular weight is 601 g/mol. The minimum Gasteiger partial charge on any atom is -0.393 e. The predicted molar refractivity (Wildman–Crippen MR) is 185 cm³/mol. The van der Waals surface area contributed by atoms with Crippen LogP contribution in [-0.4, -0.2) is 34.0 Å². The highest BCUT2D eigenvalue weighted by molar-refractivity contribution is 5.96. The minimum atomic E-state index is -0.542. The third-order valence-corrected chi connectivity index (χ3v) is 10.1. The molecular weight excluding hydrogens is 544 g/mol. The molecule has 2 N–H and O–H groups in total. The summed E-state index contributed by atoms with van der Waals surface area (Å²) in [5.74, 6) is 0.148. The summed E-state index contributed by atoms with van der Waals surface area (Å²) in [5, 5.41) is 20.2. The van der Waals surface area contributed by atoms with E-state index in [1.807, 2.05) is 114 Å². The van der Waals surface area contributed by atoms with Crippen LogP contribution in [0.4, 0.5) is 0 Å². The molecule has 0 aromatic heterocycles. The molecule has 0 spiro atoms. The van der Waals surface area contributed by atoms with E-state index in [0.717, 1.165) is 22.3 Å². The highest BCUT2D eigenvalue weighted by Crippen LogP contribution is 2.54. The van der Waals surface area contributed by atoms with Gasteiger partial charge in [0.15, 0.2) is 11.6 Å². The molecule has 2 aliphatic rings. The Morgan fingerprint density at radius 2 is 0.773 bits per heavy atom. The molecule has 2 saturated carbocycles. The van der Waals surface area contributed by atoms with Crippen molar-refractivity contribution in [1.82, 2.24) is 0 Å². The number of aliphatic hydroxyl groups is 2. The number of rotatable bonds is 12. The first kappa shape index (κ1) is 37.1. The second-order valence-electron chi connectivity index (χ2n) is 14.7. The van der Waals surface area contributed by atoms with Crippen LogP contribution in [-0.2, 0) is 9.59 Å². The smallest absolute Gasteiger partial charge is 0.162 e. The summed E-state index contributed by atoms with van der Waals surface area (Å²) < 4.78 is 0. The molecule has 2 aliphatic carbocycles. The van der Waals surface area contributed by atoms with Crippen molar-refractivity contribution >= 4 is 11.6 Å². The summed E-state index contributed by atoms with van der Waals surface area (Å²) in [7, 11) is 0. The van der Waals surface area contributed by atoms with Gasteiger partial charge < -0.3 is 10.2 Å². The maximum Gasteiger partial charge on any atom is 0.162 e. The first-order chi connectivity index (χ1) is 20.3. The van der Waals surface area contributed by atoms with E-state index in [-0.39, 0.29) is 22.4 Å². The van der Waals surface area contributed by atoms with Gasteiger partial charge in [0.1, 0.15) is 0 Å². The molecule has 2 rings (SSSR count). The molecule has 4 heteroatoms. The molecule has 0 aromatic carbocycles. The number of hydrogen-bond acceptors (Lipinski definition) is 4. The highest BCUT2D eigenvalue weighted by atomic mass is 16.3. The lowest BCUT2D eigenvalue weighted by Gasteiger charge is -2.35. The molecule has 4 nitrogen and oxygen atoms in total. The summed E-state index contributed by atoms with van der Waals surface area (Å²) in [5.41, 5.74) is 2.65. The van der Waals surface area contributed by atoms with Gasteiger partial charge in [-0.25, -0.2) is 0 Å². The monoisotopic (exact) mass is 600 g/mol. The molecule has 2 fully saturated rings. The predicted octanol–water partition coefficient (Wildman–Crippen LogP) is 9.07. The number of carbonyl (C=O) groups excluding carboxylic acids is 2. The molecule has 240 valence electrons. The van der Waals surface area contributed by atoms with E-state index >= 15 is 0 Å². The van der Waals surface area contributed by atoms with Crippen molar-refractivity contribution in [3.63, 3.8) is 0 Å². The molecule has 0 saturated heterocycles. The fourth-order valence-electron chi connectivity index (χ4n) is 6.26. The van der Waals surface area contributed by atoms with E-state index in [9.17, 15) is 19.8 Å². The van der Waals surface area contributed by atoms with Gasteiger partial charge >= 0.3 is 0 Å². The molecule has 44 heavy (non-hydrogen) atoms. The van der Waals surface area contributed by atoms with E-state index in [0.29, 0.717) is 25.7 Å². The lowest BCUT2D eigenvalue weighted by molar-refractivity contribution is -0.128. The highest BCUT2D eigenvalue weighted by Gasteiger charge is 2.53. The van der Waals surface area contributed by atoms with Gasteiger partial charge in [-0.2, -0.15) is 0 Å². The molecule has 0 amide bonds. The van der Waals surface area contributed by atoms with Gasteiger partial charge in [-0.3, -0.25) is 9.59 Å². The Morgan fingerprint density at radius 1 is 0.477 bits per heavy atom. The summed E-state index contributed by atoms with van der Waals surface area (Å²) in [4.78, 5) is 25.9. The Labute approximate surface area is 267 Å². The molecule has 0 aliphatic heterocycles. The topological polar surface area (TPSA) is 74.6 Å². The second kappa shape index (κ2) is 15.3. The quantitative estimate of drug-likeness (QED) is 0.173. The zero-order valence-corrected chi connectivity index (χ0v) is 28.8. The van der Waals surface area contributed by atoms with Crippen molar-refractivity contribution in [2.24, 2.45) is 21.7 Å². The zero-order valence-electron chi connectivity index (χ0n) is 28.8. The first-order valence-corrected chi connectivity index (χ1v) is 15.9. The molecule has 0 unspecified atom stereocenters. The first-order valence-electron chi connectivity index (χ1n) is 15.9. The summed E-state index contributed by atoms with van der Waals surface area (Å²) in [6, 6.07) is 0. The average Bonchev–Trinajstić information content (AvgIpc) is 3.27. The third kappa shape index (κ3) is 9.71. The van der Waals surface area contributed by atoms with E-state index < -0.39 is 23.0 Å². The molecule has 0 radical (unpaired) electrons.